The van der Waals surface area contributed by atoms with E-state index in [0.717, 1.165) is 23.0 Å². The summed E-state index contributed by atoms with van der Waals surface area (Å²) in [5.74, 6) is 0.188. The molecule has 1 aromatic carbocycles. The topological polar surface area (TPSA) is 17.1 Å². The predicted octanol–water partition coefficient (Wildman–Crippen LogP) is 3.95. The normalized spacial score (nSPS) is 12.9. The third-order valence-electron chi connectivity index (χ3n) is 2.99. The highest BCUT2D eigenvalue weighted by Crippen LogP contribution is 2.28. The van der Waals surface area contributed by atoms with Crippen LogP contribution in [-0.2, 0) is 4.79 Å². The molecule has 0 saturated carbocycles. The molecule has 0 N–H and O–H groups in total. The van der Waals surface area contributed by atoms with Gasteiger partial charge in [-0.25, -0.2) is 4.39 Å². The van der Waals surface area contributed by atoms with Gasteiger partial charge in [0.15, 0.2) is 0 Å². The summed E-state index contributed by atoms with van der Waals surface area (Å²) < 4.78 is 13.7. The molecule has 0 aliphatic heterocycles. The third-order valence-corrected chi connectivity index (χ3v) is 2.99. The number of halogens is 1. The molecule has 0 aliphatic carbocycles. The van der Waals surface area contributed by atoms with Gasteiger partial charge in [0, 0.05) is 6.42 Å². The van der Waals surface area contributed by atoms with Gasteiger partial charge in [-0.05, 0) is 41.5 Å². The van der Waals surface area contributed by atoms with E-state index in [0.29, 0.717) is 6.42 Å². The van der Waals surface area contributed by atoms with E-state index >= 15 is 0 Å². The minimum absolute atomic E-state index is 0.144. The van der Waals surface area contributed by atoms with Gasteiger partial charge in [-0.1, -0.05) is 26.8 Å². The van der Waals surface area contributed by atoms with E-state index in [4.69, 9.17) is 0 Å². The van der Waals surface area contributed by atoms with E-state index in [9.17, 15) is 9.18 Å². The van der Waals surface area contributed by atoms with Crippen LogP contribution in [0.15, 0.2) is 12.1 Å². The van der Waals surface area contributed by atoms with Crippen molar-refractivity contribution in [2.45, 2.75) is 46.0 Å². The molecule has 0 amide bonds. The number of carbonyl (C=O) groups excluding carboxylic acids is 1. The number of benzene rings is 1. The molecule has 0 saturated heterocycles. The van der Waals surface area contributed by atoms with Crippen molar-refractivity contribution in [2.75, 3.05) is 0 Å². The standard InChI is InChI=1S/C14H19FO/c1-9(2)12-8-13(10(3)5-6-16)11(4)7-14(12)15/h6-10H,5H2,1-4H3. The van der Waals surface area contributed by atoms with E-state index in [-0.39, 0.29) is 17.7 Å². The smallest absolute Gasteiger partial charge is 0.126 e. The molecule has 88 valence electrons. The van der Waals surface area contributed by atoms with Gasteiger partial charge in [-0.3, -0.25) is 0 Å². The van der Waals surface area contributed by atoms with Crippen LogP contribution in [0, 0.1) is 12.7 Å². The lowest BCUT2D eigenvalue weighted by atomic mass is 9.89. The summed E-state index contributed by atoms with van der Waals surface area (Å²) in [4.78, 5) is 10.5. The molecule has 0 heterocycles. The fourth-order valence-electron chi connectivity index (χ4n) is 1.95. The summed E-state index contributed by atoms with van der Waals surface area (Å²) in [6, 6.07) is 3.48. The van der Waals surface area contributed by atoms with Crippen LogP contribution in [0.2, 0.25) is 0 Å². The molecule has 0 bridgehead atoms. The zero-order chi connectivity index (χ0) is 12.3. The first-order valence-corrected chi connectivity index (χ1v) is 5.71. The van der Waals surface area contributed by atoms with Crippen molar-refractivity contribution in [3.63, 3.8) is 0 Å². The number of aryl methyl sites for hydroxylation is 1. The van der Waals surface area contributed by atoms with Crippen molar-refractivity contribution in [3.8, 4) is 0 Å². The quantitative estimate of drug-likeness (QED) is 0.705. The van der Waals surface area contributed by atoms with Crippen LogP contribution in [0.1, 0.15) is 55.7 Å². The minimum atomic E-state index is -0.144. The highest BCUT2D eigenvalue weighted by molar-refractivity contribution is 5.52. The van der Waals surface area contributed by atoms with Gasteiger partial charge in [0.05, 0.1) is 0 Å². The van der Waals surface area contributed by atoms with Crippen molar-refractivity contribution in [1.29, 1.82) is 0 Å². The Kier molecular flexibility index (Phi) is 4.22. The van der Waals surface area contributed by atoms with Crippen LogP contribution in [0.3, 0.4) is 0 Å². The molecule has 0 aromatic heterocycles. The summed E-state index contributed by atoms with van der Waals surface area (Å²) in [7, 11) is 0. The van der Waals surface area contributed by atoms with E-state index in [1.807, 2.05) is 33.8 Å². The summed E-state index contributed by atoms with van der Waals surface area (Å²) in [5, 5.41) is 0. The fourth-order valence-corrected chi connectivity index (χ4v) is 1.95. The molecular weight excluding hydrogens is 203 g/mol. The maximum Gasteiger partial charge on any atom is 0.126 e. The number of rotatable bonds is 4. The Bertz CT molecular complexity index is 383. The van der Waals surface area contributed by atoms with Crippen molar-refractivity contribution in [2.24, 2.45) is 0 Å². The van der Waals surface area contributed by atoms with Gasteiger partial charge in [-0.2, -0.15) is 0 Å². The SMILES string of the molecule is Cc1cc(F)c(C(C)C)cc1C(C)CC=O. The number of carbonyl (C=O) groups is 1. The van der Waals surface area contributed by atoms with Gasteiger partial charge < -0.3 is 4.79 Å². The Labute approximate surface area is 96.7 Å². The first-order valence-electron chi connectivity index (χ1n) is 5.71. The molecule has 0 spiro atoms. The first-order chi connectivity index (χ1) is 7.47. The number of aldehydes is 1. The minimum Gasteiger partial charge on any atom is -0.303 e. The Morgan fingerprint density at radius 3 is 2.38 bits per heavy atom. The van der Waals surface area contributed by atoms with Crippen LogP contribution in [0.4, 0.5) is 4.39 Å². The predicted molar refractivity (Wildman–Crippen MR) is 64.3 cm³/mol. The summed E-state index contributed by atoms with van der Waals surface area (Å²) in [6.07, 6.45) is 1.41. The average Bonchev–Trinajstić information content (AvgIpc) is 2.17. The molecule has 1 nitrogen and oxygen atoms in total. The monoisotopic (exact) mass is 222 g/mol. The van der Waals surface area contributed by atoms with E-state index in [1.54, 1.807) is 6.07 Å². The second-order valence-corrected chi connectivity index (χ2v) is 4.69. The zero-order valence-corrected chi connectivity index (χ0v) is 10.4. The lowest BCUT2D eigenvalue weighted by molar-refractivity contribution is -0.108. The van der Waals surface area contributed by atoms with Crippen LogP contribution >= 0.6 is 0 Å². The van der Waals surface area contributed by atoms with Gasteiger partial charge in [0.1, 0.15) is 12.1 Å². The second kappa shape index (κ2) is 5.24. The Hall–Kier alpha value is -1.18. The van der Waals surface area contributed by atoms with E-state index in [1.165, 1.54) is 0 Å². The lowest BCUT2D eigenvalue weighted by Crippen LogP contribution is -2.02. The van der Waals surface area contributed by atoms with E-state index in [2.05, 4.69) is 0 Å². The summed E-state index contributed by atoms with van der Waals surface area (Å²) in [6.45, 7) is 7.84. The average molecular weight is 222 g/mol. The largest absolute Gasteiger partial charge is 0.303 e. The van der Waals surface area contributed by atoms with Crippen molar-refractivity contribution in [1.82, 2.24) is 0 Å². The Balaban J connectivity index is 3.18. The molecule has 16 heavy (non-hydrogen) atoms. The van der Waals surface area contributed by atoms with Gasteiger partial charge in [0.25, 0.3) is 0 Å². The first kappa shape index (κ1) is 12.9. The molecule has 1 atom stereocenters. The highest BCUT2D eigenvalue weighted by Gasteiger charge is 2.14. The zero-order valence-electron chi connectivity index (χ0n) is 10.4. The van der Waals surface area contributed by atoms with E-state index < -0.39 is 0 Å². The van der Waals surface area contributed by atoms with Gasteiger partial charge in [0.2, 0.25) is 0 Å². The van der Waals surface area contributed by atoms with Crippen LogP contribution in [-0.4, -0.2) is 6.29 Å². The third kappa shape index (κ3) is 2.69. The number of hydrogen-bond acceptors (Lipinski definition) is 1. The van der Waals surface area contributed by atoms with Gasteiger partial charge >= 0.3 is 0 Å². The Morgan fingerprint density at radius 2 is 1.88 bits per heavy atom. The summed E-state index contributed by atoms with van der Waals surface area (Å²) in [5.41, 5.74) is 2.74. The molecule has 1 unspecified atom stereocenters. The van der Waals surface area contributed by atoms with Crippen LogP contribution in [0.5, 0.6) is 0 Å². The lowest BCUT2D eigenvalue weighted by Gasteiger charge is -2.16. The molecule has 1 rings (SSSR count). The maximum atomic E-state index is 13.7. The fraction of sp³-hybridized carbons (Fsp3) is 0.500. The summed E-state index contributed by atoms with van der Waals surface area (Å²) >= 11 is 0. The molecule has 1 aromatic rings. The second-order valence-electron chi connectivity index (χ2n) is 4.69. The molecule has 0 aliphatic rings. The molecule has 0 fully saturated rings. The maximum absolute atomic E-state index is 13.7. The number of hydrogen-bond donors (Lipinski definition) is 0. The van der Waals surface area contributed by atoms with Crippen LogP contribution < -0.4 is 0 Å². The highest BCUT2D eigenvalue weighted by atomic mass is 19.1. The van der Waals surface area contributed by atoms with Crippen molar-refractivity contribution >= 4 is 6.29 Å². The van der Waals surface area contributed by atoms with Gasteiger partial charge in [-0.15, -0.1) is 0 Å². The van der Waals surface area contributed by atoms with Crippen molar-refractivity contribution in [3.05, 3.63) is 34.6 Å². The molecule has 0 radical (unpaired) electrons. The van der Waals surface area contributed by atoms with Crippen molar-refractivity contribution < 1.29 is 9.18 Å². The van der Waals surface area contributed by atoms with Crippen LogP contribution in [0.25, 0.3) is 0 Å². The molecular formula is C14H19FO. The molecule has 2 heteroatoms. The Morgan fingerprint density at radius 1 is 1.25 bits per heavy atom.